The van der Waals surface area contributed by atoms with Crippen LogP contribution in [0.1, 0.15) is 0 Å². The van der Waals surface area contributed by atoms with Crippen LogP contribution in [0.4, 0.5) is 5.82 Å². The summed E-state index contributed by atoms with van der Waals surface area (Å²) in [5.41, 5.74) is 0.775. The summed E-state index contributed by atoms with van der Waals surface area (Å²) < 4.78 is 0.787. The highest BCUT2D eigenvalue weighted by molar-refractivity contribution is 7.17. The van der Waals surface area contributed by atoms with Crippen molar-refractivity contribution < 1.29 is 4.79 Å². The predicted octanol–water partition coefficient (Wildman–Crippen LogP) is 1.08. The lowest BCUT2D eigenvalue weighted by Crippen LogP contribution is -2.36. The molecule has 0 unspecified atom stereocenters. The Balaban J connectivity index is 2.55. The molecule has 1 amide bonds. The van der Waals surface area contributed by atoms with Crippen LogP contribution in [-0.4, -0.2) is 15.9 Å². The number of carbonyl (C=O) groups excluding carboxylic acids is 1. The van der Waals surface area contributed by atoms with Gasteiger partial charge in [-0.15, -0.1) is 11.3 Å². The van der Waals surface area contributed by atoms with E-state index in [2.05, 4.69) is 16.5 Å². The number of nitrogens with two attached hydrogens (primary N) is 1. The first-order valence-corrected chi connectivity index (χ1v) is 5.01. The second kappa shape index (κ2) is 3.76. The molecule has 0 fully saturated rings. The molecule has 0 aliphatic heterocycles. The van der Waals surface area contributed by atoms with Gasteiger partial charge in [0.05, 0.1) is 10.2 Å². The topological polar surface area (TPSA) is 72.1 Å². The number of rotatable bonds is 2. The molecule has 5 nitrogen and oxygen atoms in total. The highest BCUT2D eigenvalue weighted by atomic mass is 32.1. The van der Waals surface area contributed by atoms with Crippen molar-refractivity contribution in [1.29, 1.82) is 0 Å². The van der Waals surface area contributed by atoms with Crippen LogP contribution in [-0.2, 0) is 4.79 Å². The number of carbonyl (C=O) groups is 1. The first kappa shape index (κ1) is 9.75. The average molecular weight is 220 g/mol. The molecule has 0 saturated heterocycles. The third kappa shape index (κ3) is 1.60. The fourth-order valence-electron chi connectivity index (χ4n) is 1.15. The Morgan fingerprint density at radius 3 is 3.13 bits per heavy atom. The number of anilines is 1. The van der Waals surface area contributed by atoms with Crippen LogP contribution in [0.5, 0.6) is 0 Å². The SMILES string of the molecule is C=CC(=O)N(N)c1ncnc2ccsc12. The summed E-state index contributed by atoms with van der Waals surface area (Å²) in [6.07, 6.45) is 2.52. The molecule has 2 aromatic rings. The van der Waals surface area contributed by atoms with E-state index in [0.29, 0.717) is 5.82 Å². The molecular formula is C9H8N4OS. The zero-order valence-electron chi connectivity index (χ0n) is 7.75. The number of hydrogen-bond donors (Lipinski definition) is 1. The Bertz CT molecular complexity index is 522. The third-order valence-electron chi connectivity index (χ3n) is 1.86. The zero-order valence-corrected chi connectivity index (χ0v) is 8.57. The van der Waals surface area contributed by atoms with Crippen molar-refractivity contribution in [1.82, 2.24) is 9.97 Å². The zero-order chi connectivity index (χ0) is 10.8. The van der Waals surface area contributed by atoms with Gasteiger partial charge >= 0.3 is 0 Å². The maximum atomic E-state index is 11.3. The van der Waals surface area contributed by atoms with Crippen LogP contribution < -0.4 is 10.9 Å². The van der Waals surface area contributed by atoms with E-state index in [1.165, 1.54) is 17.7 Å². The number of thiophene rings is 1. The van der Waals surface area contributed by atoms with E-state index in [-0.39, 0.29) is 0 Å². The molecule has 2 N–H and O–H groups in total. The molecule has 2 aromatic heterocycles. The van der Waals surface area contributed by atoms with Gasteiger partial charge in [0.25, 0.3) is 5.91 Å². The fraction of sp³-hybridized carbons (Fsp3) is 0. The quantitative estimate of drug-likeness (QED) is 0.356. The second-order valence-corrected chi connectivity index (χ2v) is 3.66. The highest BCUT2D eigenvalue weighted by Crippen LogP contribution is 2.26. The van der Waals surface area contributed by atoms with Gasteiger partial charge in [-0.3, -0.25) is 4.79 Å². The van der Waals surface area contributed by atoms with Crippen LogP contribution in [0.2, 0.25) is 0 Å². The summed E-state index contributed by atoms with van der Waals surface area (Å²) >= 11 is 1.44. The van der Waals surface area contributed by atoms with E-state index in [1.807, 2.05) is 11.4 Å². The van der Waals surface area contributed by atoms with Crippen LogP contribution in [0.25, 0.3) is 10.2 Å². The van der Waals surface area contributed by atoms with E-state index in [1.54, 1.807) is 0 Å². The van der Waals surface area contributed by atoms with E-state index in [9.17, 15) is 4.79 Å². The molecule has 6 heteroatoms. The Kier molecular flexibility index (Phi) is 2.44. The van der Waals surface area contributed by atoms with Crippen molar-refractivity contribution >= 4 is 33.3 Å². The number of hydrogen-bond acceptors (Lipinski definition) is 5. The van der Waals surface area contributed by atoms with Gasteiger partial charge in [0.1, 0.15) is 6.33 Å². The smallest absolute Gasteiger partial charge is 0.265 e. The number of hydrazine groups is 1. The molecule has 2 rings (SSSR count). The summed E-state index contributed by atoms with van der Waals surface area (Å²) in [6, 6.07) is 1.84. The van der Waals surface area contributed by atoms with E-state index in [0.717, 1.165) is 21.3 Å². The number of aromatic nitrogens is 2. The van der Waals surface area contributed by atoms with Crippen molar-refractivity contribution in [2.75, 3.05) is 5.01 Å². The first-order chi connectivity index (χ1) is 7.24. The Morgan fingerprint density at radius 1 is 1.60 bits per heavy atom. The van der Waals surface area contributed by atoms with E-state index < -0.39 is 5.91 Å². The lowest BCUT2D eigenvalue weighted by atomic mass is 10.4. The average Bonchev–Trinajstić information content (AvgIpc) is 2.74. The van der Waals surface area contributed by atoms with Gasteiger partial charge in [-0.25, -0.2) is 20.8 Å². The highest BCUT2D eigenvalue weighted by Gasteiger charge is 2.14. The third-order valence-corrected chi connectivity index (χ3v) is 2.76. The van der Waals surface area contributed by atoms with Gasteiger partial charge in [0.2, 0.25) is 0 Å². The number of amides is 1. The lowest BCUT2D eigenvalue weighted by Gasteiger charge is -2.13. The first-order valence-electron chi connectivity index (χ1n) is 4.13. The molecule has 0 aromatic carbocycles. The van der Waals surface area contributed by atoms with Crippen LogP contribution >= 0.6 is 11.3 Å². The Morgan fingerprint density at radius 2 is 2.40 bits per heavy atom. The summed E-state index contributed by atoms with van der Waals surface area (Å²) in [4.78, 5) is 19.3. The van der Waals surface area contributed by atoms with Gasteiger partial charge in [0, 0.05) is 0 Å². The molecule has 0 aliphatic carbocycles. The maximum absolute atomic E-state index is 11.3. The van der Waals surface area contributed by atoms with Gasteiger partial charge in [-0.1, -0.05) is 6.58 Å². The molecule has 0 atom stereocenters. The second-order valence-electron chi connectivity index (χ2n) is 2.74. The van der Waals surface area contributed by atoms with E-state index >= 15 is 0 Å². The fourth-order valence-corrected chi connectivity index (χ4v) is 1.98. The minimum Gasteiger partial charge on any atom is -0.268 e. The summed E-state index contributed by atoms with van der Waals surface area (Å²) in [7, 11) is 0. The Labute approximate surface area is 89.8 Å². The summed E-state index contributed by atoms with van der Waals surface area (Å²) in [6.45, 7) is 3.36. The minimum atomic E-state index is -0.400. The van der Waals surface area contributed by atoms with Gasteiger partial charge in [0.15, 0.2) is 5.82 Å². The molecule has 0 saturated carbocycles. The molecule has 0 aliphatic rings. The lowest BCUT2D eigenvalue weighted by molar-refractivity contribution is -0.114. The minimum absolute atomic E-state index is 0.400. The van der Waals surface area contributed by atoms with Crippen molar-refractivity contribution in [2.24, 2.45) is 5.84 Å². The molecular weight excluding hydrogens is 212 g/mol. The van der Waals surface area contributed by atoms with Crippen molar-refractivity contribution in [2.45, 2.75) is 0 Å². The van der Waals surface area contributed by atoms with Crippen molar-refractivity contribution in [3.05, 3.63) is 30.4 Å². The molecule has 15 heavy (non-hydrogen) atoms. The van der Waals surface area contributed by atoms with E-state index in [4.69, 9.17) is 5.84 Å². The standard InChI is InChI=1S/C9H8N4OS/c1-2-7(14)13(10)9-8-6(3-4-15-8)11-5-12-9/h2-5H,1,10H2. The molecule has 2 heterocycles. The van der Waals surface area contributed by atoms with Crippen LogP contribution in [0.3, 0.4) is 0 Å². The predicted molar refractivity (Wildman–Crippen MR) is 59.3 cm³/mol. The van der Waals surface area contributed by atoms with Gasteiger partial charge < -0.3 is 0 Å². The van der Waals surface area contributed by atoms with Crippen molar-refractivity contribution in [3.8, 4) is 0 Å². The molecule has 0 spiro atoms. The van der Waals surface area contributed by atoms with Crippen LogP contribution in [0, 0.1) is 0 Å². The van der Waals surface area contributed by atoms with Crippen LogP contribution in [0.15, 0.2) is 30.4 Å². The summed E-state index contributed by atoms with van der Waals surface area (Å²) in [5.74, 6) is 5.61. The number of fused-ring (bicyclic) bond motifs is 1. The summed E-state index contributed by atoms with van der Waals surface area (Å²) in [5, 5.41) is 2.84. The number of nitrogens with zero attached hydrogens (tertiary/aromatic N) is 3. The molecule has 0 radical (unpaired) electrons. The normalized spacial score (nSPS) is 10.2. The molecule has 0 bridgehead atoms. The van der Waals surface area contributed by atoms with Gasteiger partial charge in [-0.2, -0.15) is 0 Å². The monoisotopic (exact) mass is 220 g/mol. The van der Waals surface area contributed by atoms with Crippen molar-refractivity contribution in [3.63, 3.8) is 0 Å². The molecule has 76 valence electrons. The maximum Gasteiger partial charge on any atom is 0.265 e. The Hall–Kier alpha value is -1.79. The largest absolute Gasteiger partial charge is 0.268 e. The van der Waals surface area contributed by atoms with Gasteiger partial charge in [-0.05, 0) is 17.5 Å².